The van der Waals surface area contributed by atoms with Crippen molar-refractivity contribution in [1.29, 1.82) is 0 Å². The van der Waals surface area contributed by atoms with Gasteiger partial charge in [-0.1, -0.05) is 36.9 Å². The molecule has 100 valence electrons. The first-order valence-corrected chi connectivity index (χ1v) is 5.42. The summed E-state index contributed by atoms with van der Waals surface area (Å²) in [6, 6.07) is 8.00. The Morgan fingerprint density at radius 1 is 1.33 bits per heavy atom. The number of rotatable bonds is 7. The Hall–Kier alpha value is -1.05. The Bertz CT molecular complexity index is 399. The normalized spacial score (nSPS) is 10.6. The molecule has 0 amide bonds. The van der Waals surface area contributed by atoms with Gasteiger partial charge in [0.1, 0.15) is 0 Å². The van der Waals surface area contributed by atoms with Crippen molar-refractivity contribution >= 4 is 12.3 Å². The fourth-order valence-electron chi connectivity index (χ4n) is 1.40. The molecule has 0 saturated carbocycles. The number of allylic oxidation sites excluding steroid dienone is 2. The molecule has 0 atom stereocenters. The SMILES string of the molecule is C=C/C(=C\N=C)c1ccc(COCC[NH-])cc1.[Pd]. The summed E-state index contributed by atoms with van der Waals surface area (Å²) >= 11 is 0. The van der Waals surface area contributed by atoms with Crippen molar-refractivity contribution in [3.63, 3.8) is 0 Å². The molecule has 0 aliphatic carbocycles. The Morgan fingerprint density at radius 3 is 2.50 bits per heavy atom. The summed E-state index contributed by atoms with van der Waals surface area (Å²) in [7, 11) is 0. The van der Waals surface area contributed by atoms with Gasteiger partial charge in [-0.05, 0) is 23.4 Å². The molecule has 3 nitrogen and oxygen atoms in total. The standard InChI is InChI=1S/C14H17N2O.Pd/c1-3-13(10-16-2)14-6-4-12(5-7-14)11-17-9-8-15;/h3-7,10,15H,1-2,8-9,11H2;/q-1;/b13-10+;. The quantitative estimate of drug-likeness (QED) is 0.326. The molecule has 1 aromatic carbocycles. The van der Waals surface area contributed by atoms with E-state index >= 15 is 0 Å². The van der Waals surface area contributed by atoms with Gasteiger partial charge in [-0.2, -0.15) is 0 Å². The summed E-state index contributed by atoms with van der Waals surface area (Å²) in [6.07, 6.45) is 3.43. The Balaban J connectivity index is 0.00000289. The Labute approximate surface area is 122 Å². The second-order valence-corrected chi connectivity index (χ2v) is 3.47. The van der Waals surface area contributed by atoms with E-state index in [1.54, 1.807) is 12.3 Å². The van der Waals surface area contributed by atoms with Gasteiger partial charge in [0.05, 0.1) is 6.61 Å². The van der Waals surface area contributed by atoms with E-state index in [0.717, 1.165) is 16.7 Å². The number of hydrogen-bond acceptors (Lipinski definition) is 2. The van der Waals surface area contributed by atoms with Gasteiger partial charge >= 0.3 is 0 Å². The van der Waals surface area contributed by atoms with Crippen LogP contribution in [-0.2, 0) is 31.8 Å². The zero-order chi connectivity index (χ0) is 12.5. The van der Waals surface area contributed by atoms with E-state index < -0.39 is 0 Å². The zero-order valence-electron chi connectivity index (χ0n) is 10.2. The van der Waals surface area contributed by atoms with Crippen molar-refractivity contribution in [3.8, 4) is 0 Å². The van der Waals surface area contributed by atoms with Crippen LogP contribution in [0.5, 0.6) is 0 Å². The molecule has 1 aromatic rings. The number of aliphatic imine (C=N–C) groups is 1. The van der Waals surface area contributed by atoms with E-state index in [1.807, 2.05) is 24.3 Å². The fourth-order valence-corrected chi connectivity index (χ4v) is 1.40. The molecule has 0 fully saturated rings. The molecule has 0 radical (unpaired) electrons. The average molecular weight is 336 g/mol. The van der Waals surface area contributed by atoms with Gasteiger partial charge in [-0.3, -0.25) is 4.99 Å². The molecule has 1 rings (SSSR count). The number of ether oxygens (including phenoxy) is 1. The molecule has 4 heteroatoms. The van der Waals surface area contributed by atoms with Crippen LogP contribution >= 0.6 is 0 Å². The third kappa shape index (κ3) is 5.53. The molecule has 0 aliphatic rings. The van der Waals surface area contributed by atoms with E-state index in [0.29, 0.717) is 19.8 Å². The molecule has 0 aliphatic heterocycles. The van der Waals surface area contributed by atoms with Crippen LogP contribution in [0.3, 0.4) is 0 Å². The Kier molecular flexibility index (Phi) is 9.35. The summed E-state index contributed by atoms with van der Waals surface area (Å²) in [6.45, 7) is 8.48. The maximum atomic E-state index is 6.97. The molecule has 0 bridgehead atoms. The minimum atomic E-state index is 0. The van der Waals surface area contributed by atoms with Gasteiger partial charge < -0.3 is 10.5 Å². The van der Waals surface area contributed by atoms with Gasteiger partial charge in [-0.25, -0.2) is 0 Å². The van der Waals surface area contributed by atoms with Crippen molar-refractivity contribution in [2.24, 2.45) is 4.99 Å². The van der Waals surface area contributed by atoms with Crippen LogP contribution in [-0.4, -0.2) is 19.9 Å². The third-order valence-corrected chi connectivity index (χ3v) is 2.25. The smallest absolute Gasteiger partial charge is 0.0716 e. The van der Waals surface area contributed by atoms with Crippen LogP contribution in [0.2, 0.25) is 0 Å². The summed E-state index contributed by atoms with van der Waals surface area (Å²) < 4.78 is 5.29. The van der Waals surface area contributed by atoms with Crippen LogP contribution < -0.4 is 0 Å². The monoisotopic (exact) mass is 335 g/mol. The van der Waals surface area contributed by atoms with Gasteiger partial charge in [0, 0.05) is 33.2 Å². The van der Waals surface area contributed by atoms with Gasteiger partial charge in [0.25, 0.3) is 0 Å². The summed E-state index contributed by atoms with van der Waals surface area (Å²) in [5.74, 6) is 0. The van der Waals surface area contributed by atoms with Crippen molar-refractivity contribution in [1.82, 2.24) is 0 Å². The van der Waals surface area contributed by atoms with E-state index in [9.17, 15) is 0 Å². The van der Waals surface area contributed by atoms with E-state index in [1.165, 1.54) is 0 Å². The second-order valence-electron chi connectivity index (χ2n) is 3.47. The fraction of sp³-hybridized carbons (Fsp3) is 0.214. The van der Waals surface area contributed by atoms with Crippen molar-refractivity contribution in [3.05, 3.63) is 60.0 Å². The Morgan fingerprint density at radius 2 is 2.00 bits per heavy atom. The minimum absolute atomic E-state index is 0. The maximum absolute atomic E-state index is 6.97. The summed E-state index contributed by atoms with van der Waals surface area (Å²) in [5.41, 5.74) is 10.1. The number of hydrogen-bond donors (Lipinski definition) is 0. The molecule has 0 spiro atoms. The average Bonchev–Trinajstić information content (AvgIpc) is 2.37. The molecule has 0 heterocycles. The molecular formula is C14H17N2OPd-. The van der Waals surface area contributed by atoms with E-state index in [2.05, 4.69) is 18.3 Å². The molecule has 1 N–H and O–H groups in total. The zero-order valence-corrected chi connectivity index (χ0v) is 11.7. The summed E-state index contributed by atoms with van der Waals surface area (Å²) in [5, 5.41) is 0. The van der Waals surface area contributed by atoms with Crippen LogP contribution in [0.15, 0.2) is 48.1 Å². The predicted octanol–water partition coefficient (Wildman–Crippen LogP) is 3.48. The van der Waals surface area contributed by atoms with Crippen LogP contribution in [0, 0.1) is 0 Å². The van der Waals surface area contributed by atoms with Gasteiger partial charge in [0.2, 0.25) is 0 Å². The van der Waals surface area contributed by atoms with Gasteiger partial charge in [-0.15, -0.1) is 6.54 Å². The van der Waals surface area contributed by atoms with E-state index in [4.69, 9.17) is 10.5 Å². The first kappa shape index (κ1) is 17.0. The van der Waals surface area contributed by atoms with Crippen molar-refractivity contribution in [2.45, 2.75) is 6.61 Å². The number of benzene rings is 1. The van der Waals surface area contributed by atoms with Crippen LogP contribution in [0.25, 0.3) is 11.3 Å². The van der Waals surface area contributed by atoms with Crippen LogP contribution in [0.1, 0.15) is 11.1 Å². The van der Waals surface area contributed by atoms with Gasteiger partial charge in [0.15, 0.2) is 0 Å². The number of nitrogens with one attached hydrogen (secondary N) is 1. The minimum Gasteiger partial charge on any atom is -0.676 e. The first-order valence-electron chi connectivity index (χ1n) is 5.42. The molecule has 18 heavy (non-hydrogen) atoms. The molecule has 0 aromatic heterocycles. The molecule has 0 unspecified atom stereocenters. The van der Waals surface area contributed by atoms with E-state index in [-0.39, 0.29) is 20.4 Å². The topological polar surface area (TPSA) is 45.4 Å². The largest absolute Gasteiger partial charge is 0.676 e. The van der Waals surface area contributed by atoms with Crippen LogP contribution in [0.4, 0.5) is 0 Å². The van der Waals surface area contributed by atoms with Crippen molar-refractivity contribution < 1.29 is 25.2 Å². The second kappa shape index (κ2) is 9.93. The molecular weight excluding hydrogens is 319 g/mol. The summed E-state index contributed by atoms with van der Waals surface area (Å²) in [4.78, 5) is 3.74. The predicted molar refractivity (Wildman–Crippen MR) is 73.0 cm³/mol. The third-order valence-electron chi connectivity index (χ3n) is 2.25. The van der Waals surface area contributed by atoms with Crippen molar-refractivity contribution in [2.75, 3.05) is 13.2 Å². The molecule has 0 saturated heterocycles. The maximum Gasteiger partial charge on any atom is 0.0716 e. The number of nitrogens with zero attached hydrogens (tertiary/aromatic N) is 1. The first-order chi connectivity index (χ1) is 8.31.